The van der Waals surface area contributed by atoms with Crippen molar-refractivity contribution in [3.8, 4) is 17.2 Å². The van der Waals surface area contributed by atoms with E-state index in [1.807, 2.05) is 44.3 Å². The monoisotopic (exact) mass is 699 g/mol. The van der Waals surface area contributed by atoms with Gasteiger partial charge in [0.1, 0.15) is 5.75 Å². The standard InChI is InChI=1S/C42H53NO6S/c1-25-36-31(21-32(48-27(3)45)37(25)49-28(4)46)40(7)18-20-42(9)35-23-38(5,24-43-10)15-16-39(35,6)17-19-41(42,8)34(40)22-33(36)50-30-13-11-29(12-14-30)47-26(2)44/h11-14,21-22,24,33,35H,15-20,23H2,1-10H3/t33?,35-,38-,39-,40+,41-,42+/m1/s1. The Balaban J connectivity index is 1.54. The van der Waals surface area contributed by atoms with Crippen molar-refractivity contribution in [2.75, 3.05) is 7.05 Å². The molecule has 50 heavy (non-hydrogen) atoms. The molecule has 1 unspecified atom stereocenters. The van der Waals surface area contributed by atoms with Crippen molar-refractivity contribution < 1.29 is 28.6 Å². The van der Waals surface area contributed by atoms with Gasteiger partial charge < -0.3 is 19.2 Å². The Morgan fingerprint density at radius 2 is 1.48 bits per heavy atom. The molecule has 0 radical (unpaired) electrons. The third-order valence-corrected chi connectivity index (χ3v) is 14.5. The van der Waals surface area contributed by atoms with Gasteiger partial charge in [0, 0.05) is 55.3 Å². The topological polar surface area (TPSA) is 91.3 Å². The molecule has 0 spiro atoms. The molecule has 8 heteroatoms. The van der Waals surface area contributed by atoms with Crippen molar-refractivity contribution in [2.45, 2.75) is 123 Å². The second-order valence-electron chi connectivity index (χ2n) is 16.7. The maximum atomic E-state index is 12.4. The van der Waals surface area contributed by atoms with Crippen LogP contribution in [0.2, 0.25) is 0 Å². The normalized spacial score (nSPS) is 34.4. The van der Waals surface area contributed by atoms with Gasteiger partial charge in [0.25, 0.3) is 0 Å². The highest BCUT2D eigenvalue weighted by molar-refractivity contribution is 7.99. The number of carbonyl (C=O) groups is 3. The Morgan fingerprint density at radius 3 is 2.10 bits per heavy atom. The number of fused-ring (bicyclic) bond motifs is 7. The van der Waals surface area contributed by atoms with Crippen LogP contribution in [0.4, 0.5) is 0 Å². The van der Waals surface area contributed by atoms with Crippen LogP contribution in [-0.2, 0) is 19.8 Å². The molecule has 3 fully saturated rings. The molecule has 0 bridgehead atoms. The Morgan fingerprint density at radius 1 is 0.840 bits per heavy atom. The number of nitrogens with zero attached hydrogens (tertiary/aromatic N) is 1. The van der Waals surface area contributed by atoms with Crippen LogP contribution in [0.3, 0.4) is 0 Å². The second-order valence-corrected chi connectivity index (χ2v) is 17.9. The van der Waals surface area contributed by atoms with Crippen molar-refractivity contribution in [1.82, 2.24) is 0 Å². The lowest BCUT2D eigenvalue weighted by molar-refractivity contribution is -0.150. The summed E-state index contributed by atoms with van der Waals surface area (Å²) in [7, 11) is 1.91. The number of esters is 3. The van der Waals surface area contributed by atoms with Gasteiger partial charge in [0.15, 0.2) is 11.5 Å². The van der Waals surface area contributed by atoms with Crippen molar-refractivity contribution in [2.24, 2.45) is 32.6 Å². The van der Waals surface area contributed by atoms with Crippen LogP contribution >= 0.6 is 11.8 Å². The molecule has 7 atom stereocenters. The molecule has 0 heterocycles. The molecule has 268 valence electrons. The first-order valence-electron chi connectivity index (χ1n) is 18.0. The van der Waals surface area contributed by atoms with Gasteiger partial charge in [-0.25, -0.2) is 0 Å². The third-order valence-electron chi connectivity index (χ3n) is 13.4. The van der Waals surface area contributed by atoms with Gasteiger partial charge in [-0.2, -0.15) is 0 Å². The molecule has 4 aliphatic carbocycles. The zero-order chi connectivity index (χ0) is 36.4. The Labute approximate surface area is 302 Å². The fourth-order valence-corrected chi connectivity index (χ4v) is 11.8. The minimum absolute atomic E-state index is 0.0679. The molecular formula is C42H53NO6S. The van der Waals surface area contributed by atoms with E-state index in [1.165, 1.54) is 45.6 Å². The Bertz CT molecular complexity index is 1800. The summed E-state index contributed by atoms with van der Waals surface area (Å²) in [4.78, 5) is 42.0. The van der Waals surface area contributed by atoms with Crippen molar-refractivity contribution >= 4 is 35.9 Å². The number of thioether (sulfide) groups is 1. The summed E-state index contributed by atoms with van der Waals surface area (Å²) in [6, 6.07) is 9.61. The Kier molecular flexibility index (Phi) is 9.23. The molecule has 0 N–H and O–H groups in total. The van der Waals surface area contributed by atoms with E-state index in [-0.39, 0.29) is 44.0 Å². The zero-order valence-electron chi connectivity index (χ0n) is 31.5. The number of ether oxygens (including phenoxy) is 3. The van der Waals surface area contributed by atoms with E-state index >= 15 is 0 Å². The number of hydrogen-bond donors (Lipinski definition) is 0. The average molecular weight is 700 g/mol. The average Bonchev–Trinajstić information content (AvgIpc) is 3.03. The van der Waals surface area contributed by atoms with Crippen LogP contribution in [0.15, 0.2) is 51.9 Å². The summed E-state index contributed by atoms with van der Waals surface area (Å²) < 4.78 is 16.9. The molecule has 0 amide bonds. The molecule has 3 saturated carbocycles. The lowest BCUT2D eigenvalue weighted by Crippen LogP contribution is -2.62. The predicted molar refractivity (Wildman–Crippen MR) is 198 cm³/mol. The van der Waals surface area contributed by atoms with Crippen molar-refractivity contribution in [3.05, 3.63) is 58.7 Å². The summed E-state index contributed by atoms with van der Waals surface area (Å²) >= 11 is 1.73. The van der Waals surface area contributed by atoms with Crippen molar-refractivity contribution in [1.29, 1.82) is 0 Å². The largest absolute Gasteiger partial charge is 0.427 e. The summed E-state index contributed by atoms with van der Waals surface area (Å²) in [5.41, 5.74) is 4.55. The zero-order valence-corrected chi connectivity index (χ0v) is 32.3. The van der Waals surface area contributed by atoms with Crippen LogP contribution in [0.1, 0.15) is 122 Å². The fraction of sp³-hybridized carbons (Fsp3) is 0.571. The van der Waals surface area contributed by atoms with Crippen LogP contribution in [-0.4, -0.2) is 31.2 Å². The van der Waals surface area contributed by atoms with Gasteiger partial charge in [-0.15, -0.1) is 11.8 Å². The first kappa shape index (κ1) is 36.4. The maximum absolute atomic E-state index is 12.4. The molecular weight excluding hydrogens is 647 g/mol. The summed E-state index contributed by atoms with van der Waals surface area (Å²) in [5, 5.41) is -0.107. The van der Waals surface area contributed by atoms with Gasteiger partial charge in [0.2, 0.25) is 0 Å². The van der Waals surface area contributed by atoms with Crippen molar-refractivity contribution in [3.63, 3.8) is 0 Å². The van der Waals surface area contributed by atoms with Crippen LogP contribution in [0, 0.1) is 34.5 Å². The van der Waals surface area contributed by atoms with Crippen LogP contribution in [0.5, 0.6) is 17.2 Å². The quantitative estimate of drug-likeness (QED) is 0.128. The SMILES string of the molecule is CN=C[C@]1(C)CC[C@]2(C)CC[C@]3(C)C4=CC(Sc5ccc(OC(C)=O)cc5)c5c(cc(OC(C)=O)c(OC(C)=O)c5C)[C@]4(C)CC[C@@]3(C)[C@@H]2C1. The van der Waals surface area contributed by atoms with E-state index in [1.54, 1.807) is 11.8 Å². The van der Waals surface area contributed by atoms with E-state index in [9.17, 15) is 14.4 Å². The summed E-state index contributed by atoms with van der Waals surface area (Å²) in [6.07, 6.45) is 12.6. The fourth-order valence-electron chi connectivity index (χ4n) is 10.6. The number of benzene rings is 2. The minimum Gasteiger partial charge on any atom is -0.427 e. The lowest BCUT2D eigenvalue weighted by atomic mass is 9.34. The van der Waals surface area contributed by atoms with Gasteiger partial charge in [-0.3, -0.25) is 14.4 Å². The van der Waals surface area contributed by atoms with E-state index in [0.29, 0.717) is 17.4 Å². The smallest absolute Gasteiger partial charge is 0.308 e. The highest BCUT2D eigenvalue weighted by Crippen LogP contribution is 2.75. The van der Waals surface area contributed by atoms with Crippen LogP contribution in [0.25, 0.3) is 0 Å². The molecule has 4 aliphatic rings. The number of rotatable bonds is 6. The van der Waals surface area contributed by atoms with Crippen LogP contribution < -0.4 is 14.2 Å². The number of carbonyl (C=O) groups excluding carboxylic acids is 3. The highest BCUT2D eigenvalue weighted by atomic mass is 32.2. The van der Waals surface area contributed by atoms with Gasteiger partial charge in [-0.1, -0.05) is 46.3 Å². The predicted octanol–water partition coefficient (Wildman–Crippen LogP) is 9.92. The van der Waals surface area contributed by atoms with E-state index < -0.39 is 11.9 Å². The number of aliphatic imine (C=N–C) groups is 1. The van der Waals surface area contributed by atoms with Gasteiger partial charge >= 0.3 is 17.9 Å². The maximum Gasteiger partial charge on any atom is 0.308 e. The first-order valence-corrected chi connectivity index (χ1v) is 18.9. The Hall–Kier alpha value is -3.39. The minimum atomic E-state index is -0.469. The molecule has 6 rings (SSSR count). The molecule has 0 aromatic heterocycles. The summed E-state index contributed by atoms with van der Waals surface area (Å²) in [6.45, 7) is 18.6. The molecule has 7 nitrogen and oxygen atoms in total. The van der Waals surface area contributed by atoms with E-state index in [2.05, 4.69) is 51.9 Å². The van der Waals surface area contributed by atoms with E-state index in [4.69, 9.17) is 14.2 Å². The number of allylic oxidation sites excluding steroid dienone is 1. The lowest BCUT2D eigenvalue weighted by Gasteiger charge is -2.70. The molecule has 2 aromatic rings. The van der Waals surface area contributed by atoms with E-state index in [0.717, 1.165) is 47.3 Å². The van der Waals surface area contributed by atoms with Gasteiger partial charge in [-0.05, 0) is 115 Å². The summed E-state index contributed by atoms with van der Waals surface area (Å²) in [5.74, 6) is 0.346. The first-order chi connectivity index (χ1) is 23.4. The third kappa shape index (κ3) is 5.93. The molecule has 0 aliphatic heterocycles. The highest BCUT2D eigenvalue weighted by Gasteiger charge is 2.66. The number of hydrogen-bond acceptors (Lipinski definition) is 8. The van der Waals surface area contributed by atoms with Gasteiger partial charge in [0.05, 0.1) is 5.25 Å². The second kappa shape index (κ2) is 12.7. The molecule has 0 saturated heterocycles. The molecule has 2 aromatic carbocycles.